The van der Waals surface area contributed by atoms with Crippen LogP contribution in [-0.2, 0) is 9.59 Å². The van der Waals surface area contributed by atoms with E-state index in [1.807, 2.05) is 32.0 Å². The SMILES string of the molecule is CC(C)C[C@@H](NC(=O)[C@H]1CS[C@H]2c3ccccc3C(=O)N12)C(=O)O. The number of carboxylic acids is 1. The topological polar surface area (TPSA) is 86.7 Å². The van der Waals surface area contributed by atoms with Gasteiger partial charge in [0.05, 0.1) is 0 Å². The molecule has 3 atom stereocenters. The molecule has 0 aliphatic carbocycles. The fraction of sp³-hybridized carbons (Fsp3) is 0.471. The van der Waals surface area contributed by atoms with E-state index < -0.39 is 18.1 Å². The lowest BCUT2D eigenvalue weighted by atomic mass is 10.0. The lowest BCUT2D eigenvalue weighted by Crippen LogP contribution is -2.51. The average Bonchev–Trinajstić information content (AvgIpc) is 3.07. The van der Waals surface area contributed by atoms with Crippen LogP contribution < -0.4 is 5.32 Å². The minimum absolute atomic E-state index is 0.148. The van der Waals surface area contributed by atoms with E-state index in [0.29, 0.717) is 17.7 Å². The molecule has 2 aliphatic heterocycles. The van der Waals surface area contributed by atoms with Crippen molar-refractivity contribution in [3.05, 3.63) is 35.4 Å². The largest absolute Gasteiger partial charge is 0.480 e. The fourth-order valence-electron chi connectivity index (χ4n) is 3.20. The Bertz CT molecular complexity index is 691. The molecule has 2 aliphatic rings. The summed E-state index contributed by atoms with van der Waals surface area (Å²) in [5.41, 5.74) is 1.56. The first-order valence-corrected chi connectivity index (χ1v) is 9.01. The zero-order valence-corrected chi connectivity index (χ0v) is 14.4. The van der Waals surface area contributed by atoms with Gasteiger partial charge in [-0.25, -0.2) is 4.79 Å². The van der Waals surface area contributed by atoms with E-state index in [2.05, 4.69) is 5.32 Å². The van der Waals surface area contributed by atoms with E-state index in [-0.39, 0.29) is 23.1 Å². The van der Waals surface area contributed by atoms with Crippen molar-refractivity contribution in [3.63, 3.8) is 0 Å². The van der Waals surface area contributed by atoms with Crippen LogP contribution in [0.5, 0.6) is 0 Å². The number of carbonyl (C=O) groups excluding carboxylic acids is 2. The predicted molar refractivity (Wildman–Crippen MR) is 90.6 cm³/mol. The molecule has 1 fully saturated rings. The smallest absolute Gasteiger partial charge is 0.326 e. The summed E-state index contributed by atoms with van der Waals surface area (Å²) in [7, 11) is 0. The second-order valence-corrected chi connectivity index (χ2v) is 7.64. The molecule has 3 rings (SSSR count). The molecule has 2 N–H and O–H groups in total. The number of benzene rings is 1. The molecule has 24 heavy (non-hydrogen) atoms. The molecule has 128 valence electrons. The number of nitrogens with one attached hydrogen (secondary N) is 1. The molecule has 1 saturated heterocycles. The predicted octanol–water partition coefficient (Wildman–Crippen LogP) is 1.87. The van der Waals surface area contributed by atoms with Crippen LogP contribution in [0.15, 0.2) is 24.3 Å². The first kappa shape index (κ1) is 16.8. The van der Waals surface area contributed by atoms with Gasteiger partial charge < -0.3 is 15.3 Å². The number of rotatable bonds is 5. The maximum absolute atomic E-state index is 12.6. The van der Waals surface area contributed by atoms with Gasteiger partial charge in [-0.05, 0) is 24.0 Å². The summed E-state index contributed by atoms with van der Waals surface area (Å²) in [6.07, 6.45) is 0.360. The van der Waals surface area contributed by atoms with Crippen LogP contribution >= 0.6 is 11.8 Å². The number of carboxylic acid groups (broad SMARTS) is 1. The monoisotopic (exact) mass is 348 g/mol. The van der Waals surface area contributed by atoms with Crippen LogP contribution in [0.25, 0.3) is 0 Å². The van der Waals surface area contributed by atoms with Gasteiger partial charge in [0.25, 0.3) is 5.91 Å². The number of hydrogen-bond donors (Lipinski definition) is 2. The normalized spacial score (nSPS) is 23.1. The fourth-order valence-corrected chi connectivity index (χ4v) is 4.67. The summed E-state index contributed by atoms with van der Waals surface area (Å²) in [6.45, 7) is 3.81. The third-order valence-corrected chi connectivity index (χ3v) is 5.62. The molecule has 1 aromatic carbocycles. The summed E-state index contributed by atoms with van der Waals surface area (Å²) >= 11 is 1.54. The Labute approximate surface area is 144 Å². The van der Waals surface area contributed by atoms with Gasteiger partial charge in [-0.1, -0.05) is 32.0 Å². The number of amides is 2. The van der Waals surface area contributed by atoms with Crippen molar-refractivity contribution in [1.29, 1.82) is 0 Å². The Morgan fingerprint density at radius 3 is 2.75 bits per heavy atom. The summed E-state index contributed by atoms with van der Waals surface area (Å²) < 4.78 is 0. The highest BCUT2D eigenvalue weighted by Crippen LogP contribution is 2.48. The summed E-state index contributed by atoms with van der Waals surface area (Å²) in [6, 6.07) is 5.80. The first-order chi connectivity index (χ1) is 11.4. The lowest BCUT2D eigenvalue weighted by Gasteiger charge is -2.25. The van der Waals surface area contributed by atoms with Crippen LogP contribution in [0.2, 0.25) is 0 Å². The van der Waals surface area contributed by atoms with Crippen molar-refractivity contribution in [2.24, 2.45) is 5.92 Å². The van der Waals surface area contributed by atoms with Gasteiger partial charge in [-0.2, -0.15) is 0 Å². The minimum Gasteiger partial charge on any atom is -0.480 e. The van der Waals surface area contributed by atoms with Crippen LogP contribution in [0.1, 0.15) is 41.6 Å². The molecule has 0 unspecified atom stereocenters. The van der Waals surface area contributed by atoms with Gasteiger partial charge in [0, 0.05) is 11.3 Å². The maximum atomic E-state index is 12.6. The molecule has 0 saturated carbocycles. The molecular weight excluding hydrogens is 328 g/mol. The third-order valence-electron chi connectivity index (χ3n) is 4.32. The minimum atomic E-state index is -1.05. The number of fused-ring (bicyclic) bond motifs is 3. The molecule has 0 radical (unpaired) electrons. The Balaban J connectivity index is 1.76. The summed E-state index contributed by atoms with van der Waals surface area (Å²) in [5.74, 6) is -0.967. The van der Waals surface area contributed by atoms with Crippen molar-refractivity contribution < 1.29 is 19.5 Å². The quantitative estimate of drug-likeness (QED) is 0.848. The maximum Gasteiger partial charge on any atom is 0.326 e. The number of carbonyl (C=O) groups is 3. The van der Waals surface area contributed by atoms with E-state index >= 15 is 0 Å². The molecule has 0 bridgehead atoms. The Hall–Kier alpha value is -2.02. The van der Waals surface area contributed by atoms with E-state index in [1.54, 1.807) is 22.7 Å². The van der Waals surface area contributed by atoms with Gasteiger partial charge >= 0.3 is 5.97 Å². The van der Waals surface area contributed by atoms with Gasteiger partial charge in [-0.15, -0.1) is 11.8 Å². The van der Waals surface area contributed by atoms with E-state index in [1.165, 1.54) is 0 Å². The summed E-state index contributed by atoms with van der Waals surface area (Å²) in [5, 5.41) is 11.7. The van der Waals surface area contributed by atoms with Crippen molar-refractivity contribution >= 4 is 29.5 Å². The van der Waals surface area contributed by atoms with Crippen molar-refractivity contribution in [3.8, 4) is 0 Å². The van der Waals surface area contributed by atoms with Crippen LogP contribution in [0, 0.1) is 5.92 Å². The number of aliphatic carboxylic acids is 1. The van der Waals surface area contributed by atoms with E-state index in [0.717, 1.165) is 5.56 Å². The van der Waals surface area contributed by atoms with Crippen LogP contribution in [0.3, 0.4) is 0 Å². The zero-order chi connectivity index (χ0) is 17.4. The van der Waals surface area contributed by atoms with Gasteiger partial charge in [0.15, 0.2) is 0 Å². The Kier molecular flexibility index (Phi) is 4.54. The Morgan fingerprint density at radius 1 is 1.38 bits per heavy atom. The molecule has 2 heterocycles. The van der Waals surface area contributed by atoms with Gasteiger partial charge in [-0.3, -0.25) is 9.59 Å². The Morgan fingerprint density at radius 2 is 2.08 bits per heavy atom. The van der Waals surface area contributed by atoms with Crippen molar-refractivity contribution in [1.82, 2.24) is 10.2 Å². The number of thioether (sulfide) groups is 1. The van der Waals surface area contributed by atoms with E-state index in [4.69, 9.17) is 0 Å². The standard InChI is InChI=1S/C17H20N2O4S/c1-9(2)7-12(17(22)23)18-14(20)13-8-24-16-11-6-4-3-5-10(11)15(21)19(13)16/h3-6,9,12-13,16H,7-8H2,1-2H3,(H,18,20)(H,22,23)/t12-,13-,16+/m1/s1. The molecular formula is C17H20N2O4S. The molecule has 0 aromatic heterocycles. The number of nitrogens with zero attached hydrogens (tertiary/aromatic N) is 1. The van der Waals surface area contributed by atoms with E-state index in [9.17, 15) is 19.5 Å². The molecule has 1 aromatic rings. The van der Waals surface area contributed by atoms with Crippen molar-refractivity contribution in [2.75, 3.05) is 5.75 Å². The molecule has 2 amide bonds. The molecule has 0 spiro atoms. The van der Waals surface area contributed by atoms with Crippen LogP contribution in [-0.4, -0.2) is 45.6 Å². The van der Waals surface area contributed by atoms with Gasteiger partial charge in [0.2, 0.25) is 5.91 Å². The second-order valence-electron chi connectivity index (χ2n) is 6.53. The zero-order valence-electron chi connectivity index (χ0n) is 13.6. The second kappa shape index (κ2) is 6.47. The molecule has 7 heteroatoms. The first-order valence-electron chi connectivity index (χ1n) is 7.96. The third kappa shape index (κ3) is 2.88. The lowest BCUT2D eigenvalue weighted by molar-refractivity contribution is -0.142. The van der Waals surface area contributed by atoms with Crippen molar-refractivity contribution in [2.45, 2.75) is 37.7 Å². The highest BCUT2D eigenvalue weighted by Gasteiger charge is 2.48. The van der Waals surface area contributed by atoms with Gasteiger partial charge in [0.1, 0.15) is 17.5 Å². The average molecular weight is 348 g/mol. The highest BCUT2D eigenvalue weighted by molar-refractivity contribution is 7.99. The summed E-state index contributed by atoms with van der Waals surface area (Å²) in [4.78, 5) is 38.1. The highest BCUT2D eigenvalue weighted by atomic mass is 32.2. The number of hydrogen-bond acceptors (Lipinski definition) is 4. The molecule has 6 nitrogen and oxygen atoms in total. The van der Waals surface area contributed by atoms with Crippen LogP contribution in [0.4, 0.5) is 0 Å².